The summed E-state index contributed by atoms with van der Waals surface area (Å²) in [5.41, 5.74) is 0.243. The summed E-state index contributed by atoms with van der Waals surface area (Å²) in [6.45, 7) is 3.86. The predicted molar refractivity (Wildman–Crippen MR) is 87.3 cm³/mol. The summed E-state index contributed by atoms with van der Waals surface area (Å²) in [7, 11) is 0. The van der Waals surface area contributed by atoms with Crippen LogP contribution in [0.5, 0.6) is 0 Å². The van der Waals surface area contributed by atoms with E-state index in [9.17, 15) is 14.7 Å². The number of carbonyl (C=O) groups excluding carboxylic acids is 1. The Balaban J connectivity index is 2.71. The molecule has 1 aromatic carbocycles. The molecule has 1 aromatic heterocycles. The number of carbonyl (C=O) groups is 1. The maximum absolute atomic E-state index is 12.5. The molecular formula is C13H9Br2N2O3S-. The molecule has 8 heteroatoms. The molecule has 0 saturated carbocycles. The van der Waals surface area contributed by atoms with Crippen molar-refractivity contribution < 1.29 is 9.90 Å². The van der Waals surface area contributed by atoms with Crippen molar-refractivity contribution in [1.82, 2.24) is 9.55 Å². The van der Waals surface area contributed by atoms with Gasteiger partial charge in [-0.05, 0) is 28.1 Å². The Hall–Kier alpha value is -1.12. The summed E-state index contributed by atoms with van der Waals surface area (Å²) in [5, 5.41) is 11.4. The molecule has 0 unspecified atom stereocenters. The third-order valence-electron chi connectivity index (χ3n) is 2.57. The molecule has 0 N–H and O–H groups in total. The smallest absolute Gasteiger partial charge is 0.262 e. The van der Waals surface area contributed by atoms with E-state index in [1.807, 2.05) is 0 Å². The number of aliphatic carboxylic acids is 1. The van der Waals surface area contributed by atoms with E-state index in [2.05, 4.69) is 43.4 Å². The van der Waals surface area contributed by atoms with Gasteiger partial charge in [-0.15, -0.1) is 6.58 Å². The van der Waals surface area contributed by atoms with Crippen LogP contribution in [0.1, 0.15) is 0 Å². The van der Waals surface area contributed by atoms with Gasteiger partial charge in [0.25, 0.3) is 5.56 Å². The minimum atomic E-state index is -1.21. The Morgan fingerprint density at radius 3 is 2.81 bits per heavy atom. The summed E-state index contributed by atoms with van der Waals surface area (Å²) >= 11 is 7.64. The van der Waals surface area contributed by atoms with E-state index in [-0.39, 0.29) is 17.9 Å². The number of allylic oxidation sites excluding steroid dienone is 1. The third-order valence-corrected chi connectivity index (χ3v) is 4.59. The van der Waals surface area contributed by atoms with E-state index >= 15 is 0 Å². The highest BCUT2D eigenvalue weighted by molar-refractivity contribution is 9.11. The van der Waals surface area contributed by atoms with E-state index in [4.69, 9.17) is 0 Å². The first-order chi connectivity index (χ1) is 9.93. The lowest BCUT2D eigenvalue weighted by atomic mass is 10.2. The fourth-order valence-corrected chi connectivity index (χ4v) is 3.78. The number of aromatic nitrogens is 2. The number of hydrogen-bond acceptors (Lipinski definition) is 5. The molecule has 0 aliphatic heterocycles. The van der Waals surface area contributed by atoms with E-state index in [1.54, 1.807) is 18.2 Å². The first-order valence-corrected chi connectivity index (χ1v) is 8.34. The van der Waals surface area contributed by atoms with Gasteiger partial charge in [0.05, 0.1) is 16.9 Å². The molecule has 110 valence electrons. The maximum atomic E-state index is 12.5. The Morgan fingerprint density at radius 2 is 2.19 bits per heavy atom. The van der Waals surface area contributed by atoms with Crippen LogP contribution < -0.4 is 10.7 Å². The van der Waals surface area contributed by atoms with Gasteiger partial charge in [0.1, 0.15) is 0 Å². The second-order valence-corrected chi connectivity index (χ2v) is 6.76. The molecule has 1 heterocycles. The minimum absolute atomic E-state index is 0.247. The minimum Gasteiger partial charge on any atom is -0.549 e. The molecule has 0 saturated heterocycles. The first-order valence-electron chi connectivity index (χ1n) is 5.77. The second kappa shape index (κ2) is 6.76. The van der Waals surface area contributed by atoms with Crippen LogP contribution in [-0.2, 0) is 11.3 Å². The lowest BCUT2D eigenvalue weighted by Gasteiger charge is -2.12. The highest BCUT2D eigenvalue weighted by Gasteiger charge is 2.13. The van der Waals surface area contributed by atoms with Crippen LogP contribution in [0.3, 0.4) is 0 Å². The Bertz CT molecular complexity index is 789. The summed E-state index contributed by atoms with van der Waals surface area (Å²) < 4.78 is 2.80. The monoisotopic (exact) mass is 431 g/mol. The number of thioether (sulfide) groups is 1. The standard InChI is InChI=1S/C13H10Br2N2O3S/c1-2-3-17-12(20)8-4-7(14)5-9(15)11(8)16-13(17)21-6-10(18)19/h2,4-5H,1,3,6H2,(H,18,19)/p-1. The highest BCUT2D eigenvalue weighted by atomic mass is 79.9. The van der Waals surface area contributed by atoms with E-state index in [0.717, 1.165) is 16.2 Å². The molecule has 2 aromatic rings. The van der Waals surface area contributed by atoms with E-state index < -0.39 is 5.97 Å². The van der Waals surface area contributed by atoms with Gasteiger partial charge in [-0.1, -0.05) is 33.8 Å². The molecule has 0 amide bonds. The van der Waals surface area contributed by atoms with Crippen LogP contribution in [0.4, 0.5) is 0 Å². The van der Waals surface area contributed by atoms with Gasteiger partial charge in [-0.3, -0.25) is 9.36 Å². The summed E-state index contributed by atoms with van der Waals surface area (Å²) in [6, 6.07) is 3.46. The average Bonchev–Trinajstić information content (AvgIpc) is 2.41. The molecule has 21 heavy (non-hydrogen) atoms. The van der Waals surface area contributed by atoms with Gasteiger partial charge in [0.2, 0.25) is 0 Å². The molecule has 0 bridgehead atoms. The van der Waals surface area contributed by atoms with Crippen molar-refractivity contribution in [3.05, 3.63) is 44.1 Å². The molecule has 0 radical (unpaired) electrons. The zero-order chi connectivity index (χ0) is 15.6. The average molecular weight is 433 g/mol. The molecule has 5 nitrogen and oxygen atoms in total. The van der Waals surface area contributed by atoms with Gasteiger partial charge in [0.15, 0.2) is 5.16 Å². The quantitative estimate of drug-likeness (QED) is 0.410. The second-order valence-electron chi connectivity index (χ2n) is 4.04. The van der Waals surface area contributed by atoms with Crippen molar-refractivity contribution >= 4 is 60.5 Å². The topological polar surface area (TPSA) is 75.0 Å². The lowest BCUT2D eigenvalue weighted by Crippen LogP contribution is -2.27. The van der Waals surface area contributed by atoms with Crippen molar-refractivity contribution in [3.8, 4) is 0 Å². The molecule has 2 rings (SSSR count). The van der Waals surface area contributed by atoms with Crippen molar-refractivity contribution in [2.75, 3.05) is 5.75 Å². The van der Waals surface area contributed by atoms with E-state index in [1.165, 1.54) is 4.57 Å². The number of fused-ring (bicyclic) bond motifs is 1. The zero-order valence-corrected chi connectivity index (χ0v) is 14.6. The van der Waals surface area contributed by atoms with Crippen molar-refractivity contribution in [2.45, 2.75) is 11.7 Å². The highest BCUT2D eigenvalue weighted by Crippen LogP contribution is 2.27. The molecule has 0 fully saturated rings. The largest absolute Gasteiger partial charge is 0.549 e. The molecule has 0 aliphatic rings. The number of carboxylic acid groups (broad SMARTS) is 1. The molecule has 0 aliphatic carbocycles. The van der Waals surface area contributed by atoms with Crippen LogP contribution >= 0.6 is 43.6 Å². The van der Waals surface area contributed by atoms with Gasteiger partial charge < -0.3 is 9.90 Å². The van der Waals surface area contributed by atoms with Crippen molar-refractivity contribution in [2.24, 2.45) is 0 Å². The number of carboxylic acids is 1. The lowest BCUT2D eigenvalue weighted by molar-refractivity contribution is -0.301. The summed E-state index contributed by atoms with van der Waals surface area (Å²) in [6.07, 6.45) is 1.56. The van der Waals surface area contributed by atoms with E-state index in [0.29, 0.717) is 20.5 Å². The van der Waals surface area contributed by atoms with Crippen molar-refractivity contribution in [1.29, 1.82) is 0 Å². The Labute approximate surface area is 141 Å². The Kier molecular flexibility index (Phi) is 5.23. The van der Waals surface area contributed by atoms with Gasteiger partial charge in [-0.2, -0.15) is 0 Å². The van der Waals surface area contributed by atoms with Crippen LogP contribution in [-0.4, -0.2) is 21.3 Å². The zero-order valence-electron chi connectivity index (χ0n) is 10.6. The molecule has 0 spiro atoms. The molecule has 0 atom stereocenters. The fraction of sp³-hybridized carbons (Fsp3) is 0.154. The van der Waals surface area contributed by atoms with Crippen molar-refractivity contribution in [3.63, 3.8) is 0 Å². The van der Waals surface area contributed by atoms with Crippen LogP contribution in [0, 0.1) is 0 Å². The van der Waals surface area contributed by atoms with Gasteiger partial charge in [-0.25, -0.2) is 4.98 Å². The number of benzene rings is 1. The van der Waals surface area contributed by atoms with Gasteiger partial charge in [0, 0.05) is 21.2 Å². The predicted octanol–water partition coefficient (Wildman–Crippen LogP) is 1.95. The third kappa shape index (κ3) is 3.56. The number of nitrogens with zero attached hydrogens (tertiary/aromatic N) is 2. The summed E-state index contributed by atoms with van der Waals surface area (Å²) in [5.74, 6) is -1.49. The Morgan fingerprint density at radius 1 is 1.48 bits per heavy atom. The normalized spacial score (nSPS) is 10.8. The fourth-order valence-electron chi connectivity index (χ4n) is 1.75. The summed E-state index contributed by atoms with van der Waals surface area (Å²) in [4.78, 5) is 27.6. The maximum Gasteiger partial charge on any atom is 0.262 e. The number of halogens is 2. The first kappa shape index (κ1) is 16.3. The molecular weight excluding hydrogens is 424 g/mol. The van der Waals surface area contributed by atoms with Crippen LogP contribution in [0.2, 0.25) is 0 Å². The van der Waals surface area contributed by atoms with Crippen LogP contribution in [0.15, 0.2) is 43.7 Å². The number of hydrogen-bond donors (Lipinski definition) is 0. The SMILES string of the molecule is C=CCn1c(SCC(=O)[O-])nc2c(Br)cc(Br)cc2c1=O. The van der Waals surface area contributed by atoms with Gasteiger partial charge >= 0.3 is 0 Å². The van der Waals surface area contributed by atoms with Crippen LogP contribution in [0.25, 0.3) is 10.9 Å². The number of rotatable bonds is 5.